The number of nitrogens with one attached hydrogen (secondary N) is 1. The molecule has 1 atom stereocenters. The molecule has 0 aliphatic heterocycles. The van der Waals surface area contributed by atoms with E-state index >= 15 is 0 Å². The van der Waals surface area contributed by atoms with Gasteiger partial charge in [0, 0.05) is 4.88 Å². The Bertz CT molecular complexity index is 860. The Labute approximate surface area is 163 Å². The topological polar surface area (TPSA) is 47.6 Å². The molecule has 0 fully saturated rings. The van der Waals surface area contributed by atoms with Crippen LogP contribution >= 0.6 is 11.3 Å². The van der Waals surface area contributed by atoms with Crippen LogP contribution in [0.3, 0.4) is 0 Å². The molecule has 0 aliphatic rings. The average Bonchev–Trinajstić information content (AvgIpc) is 3.25. The lowest BCUT2D eigenvalue weighted by Crippen LogP contribution is -2.33. The molecule has 1 aromatic heterocycles. The van der Waals surface area contributed by atoms with Crippen molar-refractivity contribution in [3.8, 4) is 11.5 Å². The molecule has 2 aromatic carbocycles. The number of carbonyl (C=O) groups excluding carboxylic acids is 1. The monoisotopic (exact) mass is 381 g/mol. The van der Waals surface area contributed by atoms with Crippen LogP contribution in [0.4, 0.5) is 0 Å². The summed E-state index contributed by atoms with van der Waals surface area (Å²) >= 11 is 1.62. The van der Waals surface area contributed by atoms with Crippen molar-refractivity contribution in [3.05, 3.63) is 82.0 Å². The Kier molecular flexibility index (Phi) is 6.49. The van der Waals surface area contributed by atoms with Crippen molar-refractivity contribution in [2.24, 2.45) is 0 Å². The fourth-order valence-electron chi connectivity index (χ4n) is 2.80. The van der Waals surface area contributed by atoms with Gasteiger partial charge >= 0.3 is 0 Å². The number of hydrogen-bond donors (Lipinski definition) is 1. The van der Waals surface area contributed by atoms with Crippen LogP contribution in [-0.2, 0) is 11.2 Å². The van der Waals surface area contributed by atoms with Gasteiger partial charge in [0.25, 0.3) is 5.91 Å². The van der Waals surface area contributed by atoms with Gasteiger partial charge in [0.1, 0.15) is 0 Å². The van der Waals surface area contributed by atoms with E-state index in [0.717, 1.165) is 16.9 Å². The molecule has 1 amide bonds. The van der Waals surface area contributed by atoms with Gasteiger partial charge in [-0.05, 0) is 41.1 Å². The highest BCUT2D eigenvalue weighted by Gasteiger charge is 2.18. The second-order valence-electron chi connectivity index (χ2n) is 6.05. The highest BCUT2D eigenvalue weighted by molar-refractivity contribution is 7.10. The molecule has 27 heavy (non-hydrogen) atoms. The third-order valence-electron chi connectivity index (χ3n) is 4.28. The maximum absolute atomic E-state index is 12.5. The van der Waals surface area contributed by atoms with E-state index in [9.17, 15) is 4.79 Å². The minimum Gasteiger partial charge on any atom is -0.493 e. The molecule has 140 valence electrons. The van der Waals surface area contributed by atoms with E-state index in [-0.39, 0.29) is 18.6 Å². The molecule has 4 nitrogen and oxygen atoms in total. The lowest BCUT2D eigenvalue weighted by molar-refractivity contribution is -0.123. The fraction of sp³-hybridized carbons (Fsp3) is 0.227. The number of para-hydroxylation sites is 2. The van der Waals surface area contributed by atoms with Gasteiger partial charge in [0.2, 0.25) is 0 Å². The molecule has 0 bridgehead atoms. The fourth-order valence-corrected chi connectivity index (χ4v) is 3.61. The predicted molar refractivity (Wildman–Crippen MR) is 109 cm³/mol. The van der Waals surface area contributed by atoms with Crippen molar-refractivity contribution >= 4 is 17.2 Å². The third-order valence-corrected chi connectivity index (χ3v) is 5.22. The number of amides is 1. The van der Waals surface area contributed by atoms with Crippen molar-refractivity contribution in [1.82, 2.24) is 5.32 Å². The number of methoxy groups -OCH3 is 1. The van der Waals surface area contributed by atoms with Gasteiger partial charge in [-0.2, -0.15) is 0 Å². The standard InChI is InChI=1S/C22H23NO3S/c1-3-16-10-12-17(13-11-16)22(20-9-6-14-27-20)23-21(24)15-26-19-8-5-4-7-18(19)25-2/h4-14,22H,3,15H2,1-2H3,(H,23,24)/t22-/m1/s1. The van der Waals surface area contributed by atoms with Crippen LogP contribution in [0.2, 0.25) is 0 Å². The van der Waals surface area contributed by atoms with Crippen molar-refractivity contribution < 1.29 is 14.3 Å². The van der Waals surface area contributed by atoms with Crippen LogP contribution < -0.4 is 14.8 Å². The second-order valence-corrected chi connectivity index (χ2v) is 7.03. The summed E-state index contributed by atoms with van der Waals surface area (Å²) in [5, 5.41) is 5.10. The van der Waals surface area contributed by atoms with Gasteiger partial charge in [-0.15, -0.1) is 11.3 Å². The molecule has 0 unspecified atom stereocenters. The van der Waals surface area contributed by atoms with Crippen LogP contribution in [0.5, 0.6) is 11.5 Å². The predicted octanol–water partition coefficient (Wildman–Crippen LogP) is 4.60. The quantitative estimate of drug-likeness (QED) is 0.620. The molecule has 0 spiro atoms. The number of benzene rings is 2. The zero-order valence-electron chi connectivity index (χ0n) is 15.5. The van der Waals surface area contributed by atoms with E-state index in [2.05, 4.69) is 36.5 Å². The largest absolute Gasteiger partial charge is 0.493 e. The Morgan fingerprint density at radius 3 is 2.41 bits per heavy atom. The summed E-state index contributed by atoms with van der Waals surface area (Å²) in [7, 11) is 1.58. The maximum atomic E-state index is 12.5. The summed E-state index contributed by atoms with van der Waals surface area (Å²) in [6.07, 6.45) is 0.989. The molecule has 0 saturated heterocycles. The van der Waals surface area contributed by atoms with Crippen molar-refractivity contribution in [2.75, 3.05) is 13.7 Å². The van der Waals surface area contributed by atoms with Gasteiger partial charge in [-0.3, -0.25) is 4.79 Å². The number of rotatable bonds is 8. The van der Waals surface area contributed by atoms with E-state index in [0.29, 0.717) is 11.5 Å². The van der Waals surface area contributed by atoms with Crippen LogP contribution in [-0.4, -0.2) is 19.6 Å². The molecule has 0 aliphatic carbocycles. The number of thiophene rings is 1. The zero-order chi connectivity index (χ0) is 19.1. The summed E-state index contributed by atoms with van der Waals surface area (Å²) in [5.41, 5.74) is 2.33. The van der Waals surface area contributed by atoms with E-state index in [4.69, 9.17) is 9.47 Å². The van der Waals surface area contributed by atoms with Crippen LogP contribution in [0.25, 0.3) is 0 Å². The Morgan fingerprint density at radius 2 is 1.78 bits per heavy atom. The number of ether oxygens (including phenoxy) is 2. The molecule has 1 N–H and O–H groups in total. The van der Waals surface area contributed by atoms with Gasteiger partial charge in [-0.1, -0.05) is 49.4 Å². The van der Waals surface area contributed by atoms with Gasteiger partial charge < -0.3 is 14.8 Å². The minimum absolute atomic E-state index is 0.0741. The maximum Gasteiger partial charge on any atom is 0.258 e. The number of carbonyl (C=O) groups is 1. The minimum atomic E-state index is -0.190. The molecule has 0 saturated carbocycles. The Morgan fingerprint density at radius 1 is 1.04 bits per heavy atom. The van der Waals surface area contributed by atoms with Crippen molar-refractivity contribution in [1.29, 1.82) is 0 Å². The summed E-state index contributed by atoms with van der Waals surface area (Å²) < 4.78 is 10.9. The van der Waals surface area contributed by atoms with Gasteiger partial charge in [-0.25, -0.2) is 0 Å². The molecule has 0 radical (unpaired) electrons. The molecule has 3 rings (SSSR count). The smallest absolute Gasteiger partial charge is 0.258 e. The van der Waals surface area contributed by atoms with Crippen LogP contribution in [0.1, 0.15) is 29.0 Å². The second kappa shape index (κ2) is 9.24. The molecular weight excluding hydrogens is 358 g/mol. The third kappa shape index (κ3) is 4.89. The Balaban J connectivity index is 1.71. The molecule has 1 heterocycles. The first-order valence-corrected chi connectivity index (χ1v) is 9.76. The normalized spacial score (nSPS) is 11.6. The van der Waals surface area contributed by atoms with Crippen LogP contribution in [0, 0.1) is 0 Å². The Hall–Kier alpha value is -2.79. The van der Waals surface area contributed by atoms with Gasteiger partial charge in [0.05, 0.1) is 13.2 Å². The lowest BCUT2D eigenvalue weighted by Gasteiger charge is -2.19. The van der Waals surface area contributed by atoms with E-state index in [1.807, 2.05) is 29.6 Å². The van der Waals surface area contributed by atoms with E-state index in [1.165, 1.54) is 5.56 Å². The number of hydrogen-bond acceptors (Lipinski definition) is 4. The summed E-state index contributed by atoms with van der Waals surface area (Å²) in [4.78, 5) is 13.6. The first-order valence-electron chi connectivity index (χ1n) is 8.88. The number of aryl methyl sites for hydroxylation is 1. The van der Waals surface area contributed by atoms with Crippen molar-refractivity contribution in [3.63, 3.8) is 0 Å². The summed E-state index contributed by atoms with van der Waals surface area (Å²) in [6, 6.07) is 19.5. The molecular formula is C22H23NO3S. The molecule has 3 aromatic rings. The lowest BCUT2D eigenvalue weighted by atomic mass is 10.0. The van der Waals surface area contributed by atoms with Gasteiger partial charge in [0.15, 0.2) is 18.1 Å². The highest BCUT2D eigenvalue weighted by atomic mass is 32.1. The molecule has 5 heteroatoms. The SMILES string of the molecule is CCc1ccc([C@@H](NC(=O)COc2ccccc2OC)c2cccs2)cc1. The zero-order valence-corrected chi connectivity index (χ0v) is 16.3. The summed E-state index contributed by atoms with van der Waals surface area (Å²) in [5.74, 6) is 0.976. The first-order chi connectivity index (χ1) is 13.2. The van der Waals surface area contributed by atoms with Crippen LogP contribution in [0.15, 0.2) is 66.0 Å². The van der Waals surface area contributed by atoms with Crippen molar-refractivity contribution in [2.45, 2.75) is 19.4 Å². The first kappa shape index (κ1) is 19.0. The average molecular weight is 381 g/mol. The van der Waals surface area contributed by atoms with E-state index < -0.39 is 0 Å². The van der Waals surface area contributed by atoms with E-state index in [1.54, 1.807) is 30.6 Å². The summed E-state index contributed by atoms with van der Waals surface area (Å²) in [6.45, 7) is 2.05. The highest BCUT2D eigenvalue weighted by Crippen LogP contribution is 2.27.